The quantitative estimate of drug-likeness (QED) is 0.671. The van der Waals surface area contributed by atoms with Crippen LogP contribution in [0.25, 0.3) is 0 Å². The summed E-state index contributed by atoms with van der Waals surface area (Å²) in [5.74, 6) is 0.639. The van der Waals surface area contributed by atoms with E-state index in [0.29, 0.717) is 21.0 Å². The van der Waals surface area contributed by atoms with Crippen LogP contribution in [-0.4, -0.2) is 11.2 Å². The van der Waals surface area contributed by atoms with Gasteiger partial charge in [-0.05, 0) is 31.5 Å². The van der Waals surface area contributed by atoms with Crippen molar-refractivity contribution in [3.05, 3.63) is 33.8 Å². The molecule has 1 aromatic rings. The maximum atomic E-state index is 6.04. The fourth-order valence-corrected chi connectivity index (χ4v) is 2.69. The van der Waals surface area contributed by atoms with Crippen molar-refractivity contribution >= 4 is 40.1 Å². The first kappa shape index (κ1) is 13.7. The molecular formula is C11H14Cl2N2S. The van der Waals surface area contributed by atoms with Gasteiger partial charge in [0.1, 0.15) is 0 Å². The van der Waals surface area contributed by atoms with E-state index in [0.717, 1.165) is 5.56 Å². The van der Waals surface area contributed by atoms with E-state index in [2.05, 4.69) is 4.99 Å². The number of nitrogens with zero attached hydrogens (tertiary/aromatic N) is 1. The summed E-state index contributed by atoms with van der Waals surface area (Å²) in [7, 11) is 0. The Morgan fingerprint density at radius 3 is 2.44 bits per heavy atom. The standard InChI is InChI=1S/C11H14Cl2N2S/c1-7(2)15-11(14)16-6-8-9(12)4-3-5-10(8)13/h3-5,7H,6H2,1-2H3,(H2,14,15). The van der Waals surface area contributed by atoms with Gasteiger partial charge in [0.25, 0.3) is 0 Å². The number of thioether (sulfide) groups is 1. The van der Waals surface area contributed by atoms with Gasteiger partial charge in [-0.15, -0.1) is 0 Å². The summed E-state index contributed by atoms with van der Waals surface area (Å²) in [4.78, 5) is 4.22. The number of hydrogen-bond donors (Lipinski definition) is 1. The van der Waals surface area contributed by atoms with Crippen molar-refractivity contribution in [3.63, 3.8) is 0 Å². The Kier molecular flexibility index (Phi) is 5.46. The number of hydrogen-bond acceptors (Lipinski definition) is 2. The van der Waals surface area contributed by atoms with Crippen molar-refractivity contribution in [1.29, 1.82) is 0 Å². The zero-order chi connectivity index (χ0) is 12.1. The SMILES string of the molecule is CC(C)N=C(N)SCc1c(Cl)cccc1Cl. The summed E-state index contributed by atoms with van der Waals surface area (Å²) in [6.45, 7) is 3.96. The molecule has 0 aliphatic carbocycles. The molecule has 0 aliphatic heterocycles. The number of rotatable bonds is 3. The van der Waals surface area contributed by atoms with Crippen LogP contribution in [0.2, 0.25) is 10.0 Å². The Hall–Kier alpha value is -0.380. The summed E-state index contributed by atoms with van der Waals surface area (Å²) in [6.07, 6.45) is 0. The highest BCUT2D eigenvalue weighted by Gasteiger charge is 2.06. The minimum Gasteiger partial charge on any atom is -0.379 e. The van der Waals surface area contributed by atoms with Gasteiger partial charge < -0.3 is 5.73 Å². The molecule has 0 radical (unpaired) electrons. The lowest BCUT2D eigenvalue weighted by Crippen LogP contribution is -2.10. The zero-order valence-corrected chi connectivity index (χ0v) is 11.5. The molecule has 0 heterocycles. The second-order valence-corrected chi connectivity index (χ2v) is 5.36. The zero-order valence-electron chi connectivity index (χ0n) is 9.21. The maximum absolute atomic E-state index is 6.04. The topological polar surface area (TPSA) is 38.4 Å². The van der Waals surface area contributed by atoms with Crippen molar-refractivity contribution in [2.75, 3.05) is 0 Å². The molecule has 0 atom stereocenters. The number of nitrogens with two attached hydrogens (primary N) is 1. The van der Waals surface area contributed by atoms with Crippen molar-refractivity contribution < 1.29 is 0 Å². The largest absolute Gasteiger partial charge is 0.379 e. The minimum absolute atomic E-state index is 0.203. The number of aliphatic imine (C=N–C) groups is 1. The summed E-state index contributed by atoms with van der Waals surface area (Å²) >= 11 is 13.5. The summed E-state index contributed by atoms with van der Waals surface area (Å²) in [6, 6.07) is 5.66. The van der Waals surface area contributed by atoms with Gasteiger partial charge in [-0.1, -0.05) is 41.0 Å². The fraction of sp³-hybridized carbons (Fsp3) is 0.364. The third kappa shape index (κ3) is 4.24. The lowest BCUT2D eigenvalue weighted by Gasteiger charge is -2.06. The summed E-state index contributed by atoms with van der Waals surface area (Å²) in [5.41, 5.74) is 6.65. The van der Waals surface area contributed by atoms with Crippen molar-refractivity contribution in [1.82, 2.24) is 0 Å². The third-order valence-corrected chi connectivity index (χ3v) is 3.35. The van der Waals surface area contributed by atoms with Gasteiger partial charge >= 0.3 is 0 Å². The van der Waals surface area contributed by atoms with Gasteiger partial charge in [-0.3, -0.25) is 4.99 Å². The highest BCUT2D eigenvalue weighted by atomic mass is 35.5. The Bertz CT molecular complexity index is 371. The second kappa shape index (κ2) is 6.38. The van der Waals surface area contributed by atoms with Crippen LogP contribution >= 0.6 is 35.0 Å². The van der Waals surface area contributed by atoms with E-state index in [-0.39, 0.29) is 6.04 Å². The molecule has 16 heavy (non-hydrogen) atoms. The van der Waals surface area contributed by atoms with Gasteiger partial charge in [-0.25, -0.2) is 0 Å². The third-order valence-electron chi connectivity index (χ3n) is 1.81. The molecule has 0 aromatic heterocycles. The maximum Gasteiger partial charge on any atom is 0.154 e. The van der Waals surface area contributed by atoms with Crippen LogP contribution in [0.5, 0.6) is 0 Å². The molecule has 0 aliphatic rings. The van der Waals surface area contributed by atoms with Crippen LogP contribution in [0.3, 0.4) is 0 Å². The Morgan fingerprint density at radius 1 is 1.38 bits per heavy atom. The summed E-state index contributed by atoms with van der Waals surface area (Å²) in [5, 5.41) is 1.89. The lowest BCUT2D eigenvalue weighted by atomic mass is 10.2. The molecule has 1 rings (SSSR count). The lowest BCUT2D eigenvalue weighted by molar-refractivity contribution is 0.838. The molecule has 0 fully saturated rings. The molecule has 0 saturated carbocycles. The van der Waals surface area contributed by atoms with E-state index < -0.39 is 0 Å². The molecule has 0 unspecified atom stereocenters. The van der Waals surface area contributed by atoms with Crippen LogP contribution in [-0.2, 0) is 5.75 Å². The van der Waals surface area contributed by atoms with Crippen molar-refractivity contribution in [3.8, 4) is 0 Å². The Balaban J connectivity index is 2.68. The van der Waals surface area contributed by atoms with Crippen LogP contribution in [0.1, 0.15) is 19.4 Å². The number of amidine groups is 1. The van der Waals surface area contributed by atoms with E-state index in [9.17, 15) is 0 Å². The Morgan fingerprint density at radius 2 is 1.94 bits per heavy atom. The molecule has 2 nitrogen and oxygen atoms in total. The Labute approximate surface area is 110 Å². The van der Waals surface area contributed by atoms with Gasteiger partial charge in [0.15, 0.2) is 5.17 Å². The highest BCUT2D eigenvalue weighted by molar-refractivity contribution is 8.13. The second-order valence-electron chi connectivity index (χ2n) is 3.55. The van der Waals surface area contributed by atoms with E-state index in [1.165, 1.54) is 11.8 Å². The molecule has 5 heteroatoms. The van der Waals surface area contributed by atoms with Crippen molar-refractivity contribution in [2.24, 2.45) is 10.7 Å². The van der Waals surface area contributed by atoms with E-state index >= 15 is 0 Å². The average Bonchev–Trinajstić information content (AvgIpc) is 2.15. The van der Waals surface area contributed by atoms with Crippen LogP contribution in [0.4, 0.5) is 0 Å². The first-order valence-electron chi connectivity index (χ1n) is 4.89. The highest BCUT2D eigenvalue weighted by Crippen LogP contribution is 2.28. The smallest absolute Gasteiger partial charge is 0.154 e. The molecule has 1 aromatic carbocycles. The predicted molar refractivity (Wildman–Crippen MR) is 74.5 cm³/mol. The van der Waals surface area contributed by atoms with Gasteiger partial charge in [-0.2, -0.15) is 0 Å². The van der Waals surface area contributed by atoms with Crippen LogP contribution in [0, 0.1) is 0 Å². The van der Waals surface area contributed by atoms with Crippen LogP contribution < -0.4 is 5.73 Å². The van der Waals surface area contributed by atoms with Crippen molar-refractivity contribution in [2.45, 2.75) is 25.6 Å². The molecule has 0 saturated heterocycles. The van der Waals surface area contributed by atoms with E-state index in [1.54, 1.807) is 0 Å². The minimum atomic E-state index is 0.203. The normalized spacial score (nSPS) is 12.2. The van der Waals surface area contributed by atoms with Gasteiger partial charge in [0.2, 0.25) is 0 Å². The predicted octanol–water partition coefficient (Wildman–Crippen LogP) is 3.95. The molecule has 88 valence electrons. The molecule has 0 spiro atoms. The molecule has 0 amide bonds. The molecule has 0 bridgehead atoms. The molecule has 2 N–H and O–H groups in total. The first-order chi connectivity index (χ1) is 7.50. The van der Waals surface area contributed by atoms with Crippen LogP contribution in [0.15, 0.2) is 23.2 Å². The monoisotopic (exact) mass is 276 g/mol. The number of halogens is 2. The van der Waals surface area contributed by atoms with Gasteiger partial charge in [0, 0.05) is 21.8 Å². The molecular weight excluding hydrogens is 263 g/mol. The number of benzene rings is 1. The summed E-state index contributed by atoms with van der Waals surface area (Å²) < 4.78 is 0. The first-order valence-corrected chi connectivity index (χ1v) is 6.64. The fourth-order valence-electron chi connectivity index (χ4n) is 1.11. The average molecular weight is 277 g/mol. The van der Waals surface area contributed by atoms with E-state index in [4.69, 9.17) is 28.9 Å². The van der Waals surface area contributed by atoms with Gasteiger partial charge in [0.05, 0.1) is 0 Å². The van der Waals surface area contributed by atoms with E-state index in [1.807, 2.05) is 32.0 Å².